The third-order valence-electron chi connectivity index (χ3n) is 1.59. The van der Waals surface area contributed by atoms with Crippen LogP contribution >= 0.6 is 0 Å². The average Bonchev–Trinajstić information content (AvgIpc) is 2.05. The molecule has 0 saturated carbocycles. The molecular formula is C9H10NO2Y-. The molecule has 0 aromatic rings. The summed E-state index contributed by atoms with van der Waals surface area (Å²) in [7, 11) is 0. The summed E-state index contributed by atoms with van der Waals surface area (Å²) in [6.45, 7) is 6.32. The maximum atomic E-state index is 10.5. The molecule has 0 fully saturated rings. The van der Waals surface area contributed by atoms with Gasteiger partial charge in [0, 0.05) is 39.3 Å². The summed E-state index contributed by atoms with van der Waals surface area (Å²) < 4.78 is 0. The van der Waals surface area contributed by atoms with Crippen LogP contribution in [0.4, 0.5) is 0 Å². The third-order valence-corrected chi connectivity index (χ3v) is 1.59. The van der Waals surface area contributed by atoms with E-state index in [9.17, 15) is 4.79 Å². The molecule has 0 unspecified atom stereocenters. The molecule has 0 spiro atoms. The molecule has 0 aromatic carbocycles. The van der Waals surface area contributed by atoms with Crippen molar-refractivity contribution in [3.63, 3.8) is 0 Å². The number of likely N-dealkylation sites (N-methyl/N-ethyl adjacent to an activating group) is 1. The van der Waals surface area contributed by atoms with Gasteiger partial charge < -0.3 is 14.8 Å². The predicted molar refractivity (Wildman–Crippen MR) is 45.1 cm³/mol. The Labute approximate surface area is 103 Å². The van der Waals surface area contributed by atoms with Crippen molar-refractivity contribution in [1.82, 2.24) is 4.90 Å². The Morgan fingerprint density at radius 2 is 2.31 bits per heavy atom. The minimum Gasteiger partial charge on any atom is -0.521 e. The standard InChI is InChI=1S/C9H10NO2.Y/c1-3-10-6-8(9(11)12)5-4-7(10)2;/h4-5H,2-3H2,1H3,(H,11,12);/q-1;. The largest absolute Gasteiger partial charge is 0.521 e. The van der Waals surface area contributed by atoms with Gasteiger partial charge in [-0.25, -0.2) is 0 Å². The summed E-state index contributed by atoms with van der Waals surface area (Å²) in [4.78, 5) is 12.2. The van der Waals surface area contributed by atoms with Gasteiger partial charge in [-0.05, 0) is 18.2 Å². The monoisotopic (exact) mass is 253 g/mol. The van der Waals surface area contributed by atoms with Crippen molar-refractivity contribution < 1.29 is 42.6 Å². The van der Waals surface area contributed by atoms with Gasteiger partial charge in [-0.3, -0.25) is 0 Å². The van der Waals surface area contributed by atoms with Gasteiger partial charge in [-0.1, -0.05) is 6.20 Å². The van der Waals surface area contributed by atoms with E-state index in [1.165, 1.54) is 6.08 Å². The first-order valence-corrected chi connectivity index (χ1v) is 3.66. The molecule has 4 heteroatoms. The van der Waals surface area contributed by atoms with E-state index < -0.39 is 5.97 Å². The number of rotatable bonds is 2. The van der Waals surface area contributed by atoms with E-state index in [0.29, 0.717) is 6.54 Å². The first kappa shape index (κ1) is 12.6. The summed E-state index contributed by atoms with van der Waals surface area (Å²) in [5.41, 5.74) is 0.937. The van der Waals surface area contributed by atoms with Crippen molar-refractivity contribution in [3.8, 4) is 0 Å². The molecule has 1 N–H and O–H groups in total. The number of aliphatic carboxylic acids is 1. The zero-order chi connectivity index (χ0) is 9.14. The Morgan fingerprint density at radius 1 is 1.69 bits per heavy atom. The first-order chi connectivity index (χ1) is 5.65. The molecule has 0 saturated heterocycles. The van der Waals surface area contributed by atoms with E-state index in [1.807, 2.05) is 6.92 Å². The van der Waals surface area contributed by atoms with Gasteiger partial charge in [0.05, 0.1) is 0 Å². The van der Waals surface area contributed by atoms with Crippen LogP contribution in [0.1, 0.15) is 6.92 Å². The Hall–Kier alpha value is -0.406. The van der Waals surface area contributed by atoms with Crippen LogP contribution in [0, 0.1) is 6.20 Å². The van der Waals surface area contributed by atoms with Crippen LogP contribution in [0.25, 0.3) is 0 Å². The Morgan fingerprint density at radius 3 is 2.77 bits per heavy atom. The average molecular weight is 253 g/mol. The predicted octanol–water partition coefficient (Wildman–Crippen LogP) is 1.16. The molecule has 0 atom stereocenters. The quantitative estimate of drug-likeness (QED) is 0.751. The van der Waals surface area contributed by atoms with Gasteiger partial charge in [0.15, 0.2) is 0 Å². The summed E-state index contributed by atoms with van der Waals surface area (Å²) in [5, 5.41) is 8.63. The van der Waals surface area contributed by atoms with Crippen molar-refractivity contribution >= 4 is 5.97 Å². The summed E-state index contributed by atoms with van der Waals surface area (Å²) in [6.07, 6.45) is 5.88. The van der Waals surface area contributed by atoms with Crippen molar-refractivity contribution in [3.05, 3.63) is 36.2 Å². The fourth-order valence-electron chi connectivity index (χ4n) is 0.925. The molecule has 13 heavy (non-hydrogen) atoms. The maximum absolute atomic E-state index is 10.5. The molecule has 0 amide bonds. The zero-order valence-electron chi connectivity index (χ0n) is 7.45. The summed E-state index contributed by atoms with van der Waals surface area (Å²) >= 11 is 0. The third kappa shape index (κ3) is 3.09. The molecule has 1 radical (unpaired) electrons. The molecule has 1 aliphatic heterocycles. The number of carbonyl (C=O) groups is 1. The number of carboxylic acid groups (broad SMARTS) is 1. The van der Waals surface area contributed by atoms with E-state index in [1.54, 1.807) is 11.0 Å². The van der Waals surface area contributed by atoms with Gasteiger partial charge in [-0.2, -0.15) is 0 Å². The van der Waals surface area contributed by atoms with Crippen molar-refractivity contribution in [2.24, 2.45) is 0 Å². The molecule has 0 aromatic heterocycles. The van der Waals surface area contributed by atoms with Crippen LogP contribution in [-0.4, -0.2) is 22.5 Å². The van der Waals surface area contributed by atoms with E-state index in [4.69, 9.17) is 5.11 Å². The zero-order valence-corrected chi connectivity index (χ0v) is 10.3. The SMILES string of the molecule is C=C1C=CC(C(=O)O)=[C-]N1CC.[Y]. The topological polar surface area (TPSA) is 40.5 Å². The van der Waals surface area contributed by atoms with Crippen LogP contribution in [0.5, 0.6) is 0 Å². The fourth-order valence-corrected chi connectivity index (χ4v) is 0.925. The molecule has 1 rings (SSSR count). The molecule has 3 nitrogen and oxygen atoms in total. The second-order valence-corrected chi connectivity index (χ2v) is 2.40. The second-order valence-electron chi connectivity index (χ2n) is 2.40. The first-order valence-electron chi connectivity index (χ1n) is 3.66. The molecule has 0 bridgehead atoms. The number of carboxylic acids is 1. The normalized spacial score (nSPS) is 15.0. The number of allylic oxidation sites excluding steroid dienone is 1. The molecule has 0 aliphatic carbocycles. The van der Waals surface area contributed by atoms with Crippen molar-refractivity contribution in [2.45, 2.75) is 6.92 Å². The molecule has 1 aliphatic rings. The van der Waals surface area contributed by atoms with Gasteiger partial charge in [0.1, 0.15) is 0 Å². The van der Waals surface area contributed by atoms with Gasteiger partial charge >= 0.3 is 0 Å². The number of hydrogen-bond acceptors (Lipinski definition) is 2. The Balaban J connectivity index is 0.00000144. The maximum Gasteiger partial charge on any atom is 0.249 e. The smallest absolute Gasteiger partial charge is 0.249 e. The Kier molecular flexibility index (Phi) is 5.18. The Bertz CT molecular complexity index is 281. The summed E-state index contributed by atoms with van der Waals surface area (Å²) in [6, 6.07) is 0. The minimum atomic E-state index is -0.961. The minimum absolute atomic E-state index is 0. The van der Waals surface area contributed by atoms with E-state index in [0.717, 1.165) is 5.70 Å². The fraction of sp³-hybridized carbons (Fsp3) is 0.222. The van der Waals surface area contributed by atoms with E-state index in [2.05, 4.69) is 12.8 Å². The van der Waals surface area contributed by atoms with Crippen LogP contribution in [0.3, 0.4) is 0 Å². The number of hydrogen-bond donors (Lipinski definition) is 1. The van der Waals surface area contributed by atoms with Crippen molar-refractivity contribution in [2.75, 3.05) is 6.54 Å². The van der Waals surface area contributed by atoms with E-state index in [-0.39, 0.29) is 38.3 Å². The van der Waals surface area contributed by atoms with E-state index >= 15 is 0 Å². The van der Waals surface area contributed by atoms with Crippen LogP contribution in [0.15, 0.2) is 30.0 Å². The van der Waals surface area contributed by atoms with Crippen molar-refractivity contribution in [1.29, 1.82) is 0 Å². The van der Waals surface area contributed by atoms with Gasteiger partial charge in [0.25, 0.3) is 0 Å². The van der Waals surface area contributed by atoms with Crippen LogP contribution in [-0.2, 0) is 37.5 Å². The van der Waals surface area contributed by atoms with Crippen LogP contribution in [0.2, 0.25) is 0 Å². The van der Waals surface area contributed by atoms with Gasteiger partial charge in [-0.15, -0.1) is 18.7 Å². The van der Waals surface area contributed by atoms with Crippen LogP contribution < -0.4 is 0 Å². The molecular weight excluding hydrogens is 243 g/mol. The number of nitrogens with zero attached hydrogens (tertiary/aromatic N) is 1. The second kappa shape index (κ2) is 5.35. The summed E-state index contributed by atoms with van der Waals surface area (Å²) in [5.74, 6) is -0.961. The molecule has 1 heterocycles. The molecule has 67 valence electrons. The van der Waals surface area contributed by atoms with Gasteiger partial charge in [0.2, 0.25) is 5.97 Å².